The number of aromatic nitrogens is 2. The van der Waals surface area contributed by atoms with Crippen molar-refractivity contribution in [3.63, 3.8) is 0 Å². The van der Waals surface area contributed by atoms with Crippen molar-refractivity contribution in [1.29, 1.82) is 0 Å². The first-order valence-corrected chi connectivity index (χ1v) is 11.1. The Hall–Kier alpha value is -3.46. The van der Waals surface area contributed by atoms with Gasteiger partial charge in [-0.1, -0.05) is 19.1 Å². The fraction of sp³-hybridized carbons (Fsp3) is 0.320. The molecule has 3 heterocycles. The van der Waals surface area contributed by atoms with Crippen LogP contribution >= 0.6 is 0 Å². The molecular formula is C25H25F3N4O2. The standard InChI is InChI=1S/C25H25F3N4O2/c1-3-16-12-21-22(31-23(16)33)10-15(13-30-21)14-32-8-6-17(7-9-32)18-4-5-19(24(34)29-2)20(11-18)25(26,27)28/h4-6,10-13H,3,7-9,14H2,1-2H3,(H,29,34)(H,31,33). The largest absolute Gasteiger partial charge is 0.417 e. The molecule has 1 aliphatic rings. The lowest BCUT2D eigenvalue weighted by Crippen LogP contribution is -2.28. The van der Waals surface area contributed by atoms with E-state index in [1.165, 1.54) is 13.1 Å². The van der Waals surface area contributed by atoms with Crippen LogP contribution in [0.1, 0.15) is 46.0 Å². The number of H-pyrrole nitrogens is 1. The van der Waals surface area contributed by atoms with Gasteiger partial charge in [0.25, 0.3) is 11.5 Å². The van der Waals surface area contributed by atoms with Gasteiger partial charge in [-0.05, 0) is 53.8 Å². The second-order valence-corrected chi connectivity index (χ2v) is 8.31. The van der Waals surface area contributed by atoms with Gasteiger partial charge in [-0.3, -0.25) is 19.5 Å². The fourth-order valence-electron chi connectivity index (χ4n) is 4.20. The minimum absolute atomic E-state index is 0.111. The third-order valence-electron chi connectivity index (χ3n) is 6.07. The summed E-state index contributed by atoms with van der Waals surface area (Å²) < 4.78 is 40.6. The molecule has 3 aromatic rings. The number of nitrogens with zero attached hydrogens (tertiary/aromatic N) is 2. The van der Waals surface area contributed by atoms with Gasteiger partial charge in [-0.15, -0.1) is 0 Å². The highest BCUT2D eigenvalue weighted by molar-refractivity contribution is 5.96. The van der Waals surface area contributed by atoms with Crippen molar-refractivity contribution in [2.24, 2.45) is 0 Å². The molecule has 0 fully saturated rings. The quantitative estimate of drug-likeness (QED) is 0.587. The fourth-order valence-corrected chi connectivity index (χ4v) is 4.20. The van der Waals surface area contributed by atoms with Crippen LogP contribution in [0.5, 0.6) is 0 Å². The minimum Gasteiger partial charge on any atom is -0.355 e. The second kappa shape index (κ2) is 9.42. The molecule has 9 heteroatoms. The summed E-state index contributed by atoms with van der Waals surface area (Å²) >= 11 is 0. The van der Waals surface area contributed by atoms with E-state index in [0.29, 0.717) is 49.1 Å². The van der Waals surface area contributed by atoms with Gasteiger partial charge in [0.1, 0.15) is 0 Å². The van der Waals surface area contributed by atoms with Gasteiger partial charge in [0, 0.05) is 38.4 Å². The average molecular weight is 470 g/mol. The number of nitrogens with one attached hydrogen (secondary N) is 2. The summed E-state index contributed by atoms with van der Waals surface area (Å²) in [6.45, 7) is 3.75. The molecular weight excluding hydrogens is 445 g/mol. The van der Waals surface area contributed by atoms with Gasteiger partial charge in [0.15, 0.2) is 0 Å². The second-order valence-electron chi connectivity index (χ2n) is 8.31. The number of aromatic amines is 1. The number of hydrogen-bond acceptors (Lipinski definition) is 4. The number of rotatable bonds is 5. The summed E-state index contributed by atoms with van der Waals surface area (Å²) in [5, 5.41) is 2.26. The summed E-state index contributed by atoms with van der Waals surface area (Å²) in [7, 11) is 1.31. The van der Waals surface area contributed by atoms with Crippen LogP contribution in [0.15, 0.2) is 47.4 Å². The Morgan fingerprint density at radius 3 is 2.68 bits per heavy atom. The predicted octanol–water partition coefficient (Wildman–Crippen LogP) is 4.15. The predicted molar refractivity (Wildman–Crippen MR) is 124 cm³/mol. The monoisotopic (exact) mass is 470 g/mol. The molecule has 1 amide bonds. The van der Waals surface area contributed by atoms with Crippen molar-refractivity contribution in [2.75, 3.05) is 20.1 Å². The lowest BCUT2D eigenvalue weighted by Gasteiger charge is -2.27. The molecule has 2 aromatic heterocycles. The zero-order valence-corrected chi connectivity index (χ0v) is 18.9. The highest BCUT2D eigenvalue weighted by atomic mass is 19.4. The number of carbonyl (C=O) groups excluding carboxylic acids is 1. The molecule has 0 bridgehead atoms. The van der Waals surface area contributed by atoms with E-state index >= 15 is 0 Å². The van der Waals surface area contributed by atoms with Gasteiger partial charge in [-0.25, -0.2) is 0 Å². The first-order chi connectivity index (χ1) is 16.2. The number of fused-ring (bicyclic) bond motifs is 1. The Labute approximate surface area is 194 Å². The van der Waals surface area contributed by atoms with E-state index in [-0.39, 0.29) is 11.1 Å². The number of halogens is 3. The van der Waals surface area contributed by atoms with Crippen LogP contribution in [0, 0.1) is 0 Å². The first kappa shape index (κ1) is 23.7. The number of hydrogen-bond donors (Lipinski definition) is 2. The van der Waals surface area contributed by atoms with E-state index in [1.807, 2.05) is 19.1 Å². The van der Waals surface area contributed by atoms with E-state index in [9.17, 15) is 22.8 Å². The Morgan fingerprint density at radius 1 is 1.24 bits per heavy atom. The highest BCUT2D eigenvalue weighted by Gasteiger charge is 2.35. The van der Waals surface area contributed by atoms with Crippen LogP contribution in [0.3, 0.4) is 0 Å². The Kier molecular flexibility index (Phi) is 6.56. The number of pyridine rings is 2. The molecule has 0 aliphatic carbocycles. The molecule has 0 radical (unpaired) electrons. The number of benzene rings is 1. The maximum atomic E-state index is 13.5. The summed E-state index contributed by atoms with van der Waals surface area (Å²) in [5.41, 5.74) is 2.91. The summed E-state index contributed by atoms with van der Waals surface area (Å²) in [6.07, 6.45) is 0.292. The third kappa shape index (κ3) is 4.89. The lowest BCUT2D eigenvalue weighted by molar-refractivity contribution is -0.137. The molecule has 1 aromatic carbocycles. The SMILES string of the molecule is CCc1cc2ncc(CN3CC=C(c4ccc(C(=O)NC)c(C(F)(F)F)c4)CC3)cc2[nH]c1=O. The molecule has 1 aliphatic heterocycles. The average Bonchev–Trinajstić information content (AvgIpc) is 2.82. The van der Waals surface area contributed by atoms with Gasteiger partial charge in [-0.2, -0.15) is 13.2 Å². The Balaban J connectivity index is 1.51. The molecule has 178 valence electrons. The first-order valence-electron chi connectivity index (χ1n) is 11.1. The molecule has 2 N–H and O–H groups in total. The van der Waals surface area contributed by atoms with Crippen molar-refractivity contribution in [1.82, 2.24) is 20.2 Å². The van der Waals surface area contributed by atoms with E-state index in [4.69, 9.17) is 0 Å². The topological polar surface area (TPSA) is 78.1 Å². The van der Waals surface area contributed by atoms with Crippen molar-refractivity contribution in [3.8, 4) is 0 Å². The number of amides is 1. The smallest absolute Gasteiger partial charge is 0.355 e. The Morgan fingerprint density at radius 2 is 2.03 bits per heavy atom. The van der Waals surface area contributed by atoms with Crippen molar-refractivity contribution >= 4 is 22.5 Å². The molecule has 6 nitrogen and oxygen atoms in total. The molecule has 4 rings (SSSR count). The van der Waals surface area contributed by atoms with Crippen molar-refractivity contribution in [3.05, 3.63) is 80.8 Å². The zero-order chi connectivity index (χ0) is 24.5. The minimum atomic E-state index is -4.62. The van der Waals surface area contributed by atoms with Gasteiger partial charge < -0.3 is 10.3 Å². The van der Waals surface area contributed by atoms with Crippen molar-refractivity contribution < 1.29 is 18.0 Å². The van der Waals surface area contributed by atoms with Crippen molar-refractivity contribution in [2.45, 2.75) is 32.5 Å². The van der Waals surface area contributed by atoms with Gasteiger partial charge in [0.05, 0.1) is 22.2 Å². The van der Waals surface area contributed by atoms with Crippen LogP contribution in [0.4, 0.5) is 13.2 Å². The summed E-state index contributed by atoms with van der Waals surface area (Å²) in [6, 6.07) is 7.57. The maximum absolute atomic E-state index is 13.5. The molecule has 0 atom stereocenters. The van der Waals surface area contributed by atoms with Crippen LogP contribution < -0.4 is 10.9 Å². The van der Waals surface area contributed by atoms with Crippen LogP contribution in [-0.4, -0.2) is 40.9 Å². The van der Waals surface area contributed by atoms with Crippen LogP contribution in [0.2, 0.25) is 0 Å². The van der Waals surface area contributed by atoms with Crippen LogP contribution in [0.25, 0.3) is 16.6 Å². The van der Waals surface area contributed by atoms with Gasteiger partial charge in [0.2, 0.25) is 0 Å². The van der Waals surface area contributed by atoms with E-state index < -0.39 is 17.6 Å². The molecule has 0 saturated carbocycles. The number of alkyl halides is 3. The van der Waals surface area contributed by atoms with E-state index in [2.05, 4.69) is 20.2 Å². The summed E-state index contributed by atoms with van der Waals surface area (Å²) in [4.78, 5) is 33.5. The Bertz CT molecular complexity index is 1330. The van der Waals surface area contributed by atoms with Crippen LogP contribution in [-0.2, 0) is 19.1 Å². The molecule has 34 heavy (non-hydrogen) atoms. The number of carbonyl (C=O) groups is 1. The van der Waals surface area contributed by atoms with Gasteiger partial charge >= 0.3 is 6.18 Å². The third-order valence-corrected chi connectivity index (χ3v) is 6.07. The number of aryl methyl sites for hydroxylation is 1. The maximum Gasteiger partial charge on any atom is 0.417 e. The zero-order valence-electron chi connectivity index (χ0n) is 18.9. The van der Waals surface area contributed by atoms with E-state index in [0.717, 1.165) is 22.7 Å². The van der Waals surface area contributed by atoms with E-state index in [1.54, 1.807) is 18.3 Å². The lowest BCUT2D eigenvalue weighted by atomic mass is 9.94. The summed E-state index contributed by atoms with van der Waals surface area (Å²) in [5.74, 6) is -0.765. The normalized spacial score (nSPS) is 14.8. The molecule has 0 unspecified atom stereocenters. The molecule has 0 spiro atoms. The molecule has 0 saturated heterocycles. The highest BCUT2D eigenvalue weighted by Crippen LogP contribution is 2.35.